The Kier molecular flexibility index (Phi) is 15.7. The molecule has 2 aromatic rings. The van der Waals surface area contributed by atoms with Gasteiger partial charge in [-0.3, -0.25) is 4.79 Å². The van der Waals surface area contributed by atoms with E-state index in [-0.39, 0.29) is 12.5 Å². The summed E-state index contributed by atoms with van der Waals surface area (Å²) in [6.45, 7) is 3.38. The van der Waals surface area contributed by atoms with Gasteiger partial charge in [0.15, 0.2) is 18.5 Å². The third kappa shape index (κ3) is 12.6. The van der Waals surface area contributed by atoms with E-state index < -0.39 is 0 Å². The molecule has 1 heterocycles. The molecule has 1 amide bonds. The van der Waals surface area contributed by atoms with E-state index in [2.05, 4.69) is 12.2 Å². The van der Waals surface area contributed by atoms with Crippen LogP contribution in [-0.2, 0) is 18.3 Å². The minimum Gasteiger partial charge on any atom is -0.492 e. The summed E-state index contributed by atoms with van der Waals surface area (Å²) in [5, 5.41) is 3.31. The first-order valence-electron chi connectivity index (χ1n) is 13.9. The van der Waals surface area contributed by atoms with Crippen molar-refractivity contribution in [2.75, 3.05) is 19.8 Å². The highest BCUT2D eigenvalue weighted by Crippen LogP contribution is 2.34. The van der Waals surface area contributed by atoms with Gasteiger partial charge in [0.2, 0.25) is 0 Å². The van der Waals surface area contributed by atoms with Crippen molar-refractivity contribution in [1.82, 2.24) is 5.32 Å². The highest BCUT2D eigenvalue weighted by Gasteiger charge is 2.11. The van der Waals surface area contributed by atoms with Gasteiger partial charge in [0.1, 0.15) is 23.6 Å². The quantitative estimate of drug-likeness (QED) is 0.152. The van der Waals surface area contributed by atoms with Gasteiger partial charge in [-0.2, -0.15) is 0 Å². The lowest BCUT2D eigenvalue weighted by Gasteiger charge is -2.12. The number of unbranched alkanes of at least 4 members (excludes halogenated alkanes) is 11. The number of carbonyl (C=O) groups is 1. The van der Waals surface area contributed by atoms with Crippen LogP contribution < -0.4 is 19.4 Å². The van der Waals surface area contributed by atoms with Gasteiger partial charge in [-0.25, -0.2) is 4.57 Å². The number of ether oxygens (including phenoxy) is 2. The van der Waals surface area contributed by atoms with Gasteiger partial charge in [-0.15, -0.1) is 0 Å². The van der Waals surface area contributed by atoms with Crippen molar-refractivity contribution in [1.29, 1.82) is 0 Å². The monoisotopic (exact) mass is 517 g/mol. The molecular formula is C30H46ClN2O3+. The molecule has 36 heavy (non-hydrogen) atoms. The van der Waals surface area contributed by atoms with Crippen LogP contribution in [0.3, 0.4) is 0 Å². The van der Waals surface area contributed by atoms with E-state index >= 15 is 0 Å². The second-order valence-corrected chi connectivity index (χ2v) is 9.88. The zero-order valence-corrected chi connectivity index (χ0v) is 23.2. The Morgan fingerprint density at radius 1 is 0.833 bits per heavy atom. The Bertz CT molecular complexity index is 875. The number of nitrogens with zero attached hydrogens (tertiary/aromatic N) is 1. The first-order valence-corrected chi connectivity index (χ1v) is 14.2. The van der Waals surface area contributed by atoms with Crippen LogP contribution in [0.25, 0.3) is 0 Å². The lowest BCUT2D eigenvalue weighted by atomic mass is 10.1. The van der Waals surface area contributed by atoms with E-state index in [0.29, 0.717) is 29.7 Å². The van der Waals surface area contributed by atoms with Crippen LogP contribution >= 0.6 is 11.6 Å². The van der Waals surface area contributed by atoms with Gasteiger partial charge < -0.3 is 14.8 Å². The van der Waals surface area contributed by atoms with E-state index in [0.717, 1.165) is 18.5 Å². The summed E-state index contributed by atoms with van der Waals surface area (Å²) >= 11 is 6.46. The third-order valence-electron chi connectivity index (χ3n) is 6.41. The molecular weight excluding hydrogens is 472 g/mol. The zero-order chi connectivity index (χ0) is 25.8. The first kappa shape index (κ1) is 30.0. The summed E-state index contributed by atoms with van der Waals surface area (Å²) in [7, 11) is 2.00. The first-order chi connectivity index (χ1) is 17.6. The summed E-state index contributed by atoms with van der Waals surface area (Å²) in [5.74, 6) is 0.898. The summed E-state index contributed by atoms with van der Waals surface area (Å²) in [4.78, 5) is 12.2. The fourth-order valence-electron chi connectivity index (χ4n) is 4.18. The standard InChI is InChI=1S/C30H45ClN2O3/c1-3-4-5-6-7-8-9-10-11-12-13-16-24-35-27-19-17-20-28(30(27)31)36-25-29(34)32-22-21-26-18-14-15-23-33(26)2/h14-15,17-20,23H,3-13,16,21-22,24-25H2,1-2H3/p+1. The van der Waals surface area contributed by atoms with Crippen molar-refractivity contribution in [2.45, 2.75) is 90.4 Å². The summed E-state index contributed by atoms with van der Waals surface area (Å²) in [6.07, 6.45) is 18.5. The molecule has 0 radical (unpaired) electrons. The molecule has 6 heteroatoms. The van der Waals surface area contributed by atoms with Crippen LogP contribution in [0.2, 0.25) is 5.02 Å². The van der Waals surface area contributed by atoms with Crippen LogP contribution in [0, 0.1) is 0 Å². The lowest BCUT2D eigenvalue weighted by Crippen LogP contribution is -2.36. The number of amides is 1. The summed E-state index contributed by atoms with van der Waals surface area (Å²) in [6, 6.07) is 11.5. The number of carbonyl (C=O) groups excluding carboxylic acids is 1. The maximum Gasteiger partial charge on any atom is 0.257 e. The van der Waals surface area contributed by atoms with E-state index in [1.165, 1.54) is 70.6 Å². The molecule has 5 nitrogen and oxygen atoms in total. The lowest BCUT2D eigenvalue weighted by molar-refractivity contribution is -0.679. The van der Waals surface area contributed by atoms with Gasteiger partial charge in [-0.05, 0) is 18.6 Å². The molecule has 0 fully saturated rings. The van der Waals surface area contributed by atoms with Gasteiger partial charge >= 0.3 is 0 Å². The van der Waals surface area contributed by atoms with Crippen molar-refractivity contribution in [3.8, 4) is 11.5 Å². The van der Waals surface area contributed by atoms with Gasteiger partial charge in [0, 0.05) is 25.1 Å². The summed E-state index contributed by atoms with van der Waals surface area (Å²) in [5.41, 5.74) is 1.15. The number of benzene rings is 1. The van der Waals surface area contributed by atoms with Crippen molar-refractivity contribution in [2.24, 2.45) is 7.05 Å². The number of hydrogen-bond donors (Lipinski definition) is 1. The molecule has 0 bridgehead atoms. The molecule has 0 saturated heterocycles. The van der Waals surface area contributed by atoms with E-state index in [1.807, 2.05) is 48.1 Å². The fourth-order valence-corrected chi connectivity index (χ4v) is 4.42. The molecule has 0 aliphatic carbocycles. The number of aromatic nitrogens is 1. The molecule has 1 aromatic heterocycles. The molecule has 0 atom stereocenters. The van der Waals surface area contributed by atoms with Crippen molar-refractivity contribution in [3.05, 3.63) is 53.3 Å². The zero-order valence-electron chi connectivity index (χ0n) is 22.4. The van der Waals surface area contributed by atoms with Crippen molar-refractivity contribution in [3.63, 3.8) is 0 Å². The third-order valence-corrected chi connectivity index (χ3v) is 6.78. The highest BCUT2D eigenvalue weighted by atomic mass is 35.5. The second-order valence-electron chi connectivity index (χ2n) is 9.50. The highest BCUT2D eigenvalue weighted by molar-refractivity contribution is 6.33. The molecule has 0 saturated carbocycles. The topological polar surface area (TPSA) is 51.4 Å². The second kappa shape index (κ2) is 18.9. The molecule has 0 aliphatic heterocycles. The van der Waals surface area contributed by atoms with E-state index in [1.54, 1.807) is 6.07 Å². The molecule has 1 N–H and O–H groups in total. The Morgan fingerprint density at radius 2 is 1.44 bits per heavy atom. The van der Waals surface area contributed by atoms with E-state index in [4.69, 9.17) is 21.1 Å². The molecule has 200 valence electrons. The van der Waals surface area contributed by atoms with Crippen LogP contribution in [0.15, 0.2) is 42.6 Å². The number of aryl methyl sites for hydroxylation is 1. The van der Waals surface area contributed by atoms with Crippen molar-refractivity contribution >= 4 is 17.5 Å². The molecule has 0 spiro atoms. The normalized spacial score (nSPS) is 10.9. The fraction of sp³-hybridized carbons (Fsp3) is 0.600. The van der Waals surface area contributed by atoms with Crippen molar-refractivity contribution < 1.29 is 18.8 Å². The Balaban J connectivity index is 1.55. The molecule has 1 aromatic carbocycles. The Morgan fingerprint density at radius 3 is 2.08 bits per heavy atom. The number of rotatable bonds is 20. The average molecular weight is 518 g/mol. The Labute approximate surface area is 223 Å². The van der Waals surface area contributed by atoms with Gasteiger partial charge in [-0.1, -0.05) is 101 Å². The molecule has 2 rings (SSSR count). The van der Waals surface area contributed by atoms with Gasteiger partial charge in [0.05, 0.1) is 6.61 Å². The van der Waals surface area contributed by atoms with Crippen LogP contribution in [0.4, 0.5) is 0 Å². The largest absolute Gasteiger partial charge is 0.492 e. The van der Waals surface area contributed by atoms with Crippen LogP contribution in [0.5, 0.6) is 11.5 Å². The molecule has 0 unspecified atom stereocenters. The SMILES string of the molecule is CCCCCCCCCCCCCCOc1cccc(OCC(=O)NCCc2cccc[n+]2C)c1Cl. The maximum atomic E-state index is 12.2. The maximum absolute atomic E-state index is 12.2. The smallest absolute Gasteiger partial charge is 0.257 e. The Hall–Kier alpha value is -2.27. The number of hydrogen-bond acceptors (Lipinski definition) is 3. The predicted octanol–water partition coefficient (Wildman–Crippen LogP) is 6.98. The van der Waals surface area contributed by atoms with Crippen LogP contribution in [0.1, 0.15) is 89.7 Å². The minimum absolute atomic E-state index is 0.0805. The van der Waals surface area contributed by atoms with E-state index in [9.17, 15) is 4.79 Å². The number of pyridine rings is 1. The van der Waals surface area contributed by atoms with Gasteiger partial charge in [0.25, 0.3) is 5.91 Å². The minimum atomic E-state index is -0.174. The average Bonchev–Trinajstić information content (AvgIpc) is 2.88. The van der Waals surface area contributed by atoms with Crippen LogP contribution in [-0.4, -0.2) is 25.7 Å². The molecule has 0 aliphatic rings. The predicted molar refractivity (Wildman–Crippen MR) is 148 cm³/mol. The summed E-state index contributed by atoms with van der Waals surface area (Å²) < 4.78 is 13.6. The number of halogens is 1. The number of nitrogens with one attached hydrogen (secondary N) is 1.